The average Bonchev–Trinajstić information content (AvgIpc) is 2.28. The number of aliphatic carboxylic acids is 1. The van der Waals surface area contributed by atoms with E-state index in [1.165, 1.54) is 0 Å². The molecule has 0 radical (unpaired) electrons. The minimum Gasteiger partial charge on any atom is -0.479 e. The van der Waals surface area contributed by atoms with Gasteiger partial charge in [-0.05, 0) is 31.0 Å². The Morgan fingerprint density at radius 3 is 2.76 bits per heavy atom. The molecule has 3 N–H and O–H groups in total. The number of ether oxygens (including phenoxy) is 1. The maximum atomic E-state index is 11.0. The summed E-state index contributed by atoms with van der Waals surface area (Å²) in [5.74, 6) is -0.376. The van der Waals surface area contributed by atoms with E-state index in [-0.39, 0.29) is 6.04 Å². The van der Waals surface area contributed by atoms with Crippen LogP contribution in [0.4, 0.5) is 0 Å². The maximum absolute atomic E-state index is 11.0. The van der Waals surface area contributed by atoms with Crippen LogP contribution in [0.3, 0.4) is 0 Å². The summed E-state index contributed by atoms with van der Waals surface area (Å²) < 4.78 is 5.45. The highest BCUT2D eigenvalue weighted by molar-refractivity contribution is 5.72. The fraction of sp³-hybridized carbons (Fsp3) is 0.462. The molecule has 0 aromatic heterocycles. The summed E-state index contributed by atoms with van der Waals surface area (Å²) in [5, 5.41) is 8.99. The highest BCUT2D eigenvalue weighted by Crippen LogP contribution is 2.19. The van der Waals surface area contributed by atoms with Crippen molar-refractivity contribution >= 4 is 5.97 Å². The quantitative estimate of drug-likeness (QED) is 0.796. The molecule has 0 saturated carbocycles. The fourth-order valence-corrected chi connectivity index (χ4v) is 1.53. The Labute approximate surface area is 101 Å². The lowest BCUT2D eigenvalue weighted by molar-refractivity contribution is -0.145. The third-order valence-corrected chi connectivity index (χ3v) is 2.49. The van der Waals surface area contributed by atoms with Crippen LogP contribution >= 0.6 is 0 Å². The molecule has 0 heterocycles. The van der Waals surface area contributed by atoms with Crippen LogP contribution in [-0.4, -0.2) is 17.2 Å². The van der Waals surface area contributed by atoms with E-state index in [0.717, 1.165) is 12.0 Å². The molecule has 0 spiro atoms. The zero-order valence-corrected chi connectivity index (χ0v) is 10.2. The van der Waals surface area contributed by atoms with Crippen molar-refractivity contribution in [2.75, 3.05) is 0 Å². The van der Waals surface area contributed by atoms with Crippen molar-refractivity contribution in [1.29, 1.82) is 0 Å². The summed E-state index contributed by atoms with van der Waals surface area (Å²) in [6, 6.07) is 7.16. The van der Waals surface area contributed by atoms with Crippen LogP contribution in [0.15, 0.2) is 24.3 Å². The molecule has 0 bridgehead atoms. The number of rotatable bonds is 6. The van der Waals surface area contributed by atoms with Gasteiger partial charge in [-0.1, -0.05) is 25.5 Å². The van der Waals surface area contributed by atoms with Crippen molar-refractivity contribution in [3.63, 3.8) is 0 Å². The molecule has 2 unspecified atom stereocenters. The lowest BCUT2D eigenvalue weighted by Gasteiger charge is -2.15. The van der Waals surface area contributed by atoms with Crippen molar-refractivity contribution in [3.05, 3.63) is 29.8 Å². The third-order valence-electron chi connectivity index (χ3n) is 2.49. The van der Waals surface area contributed by atoms with Crippen LogP contribution in [0, 0.1) is 0 Å². The van der Waals surface area contributed by atoms with Gasteiger partial charge in [-0.2, -0.15) is 0 Å². The molecule has 0 aliphatic heterocycles. The van der Waals surface area contributed by atoms with E-state index >= 15 is 0 Å². The van der Waals surface area contributed by atoms with Gasteiger partial charge in [0.1, 0.15) is 5.75 Å². The largest absolute Gasteiger partial charge is 0.479 e. The van der Waals surface area contributed by atoms with Gasteiger partial charge in [-0.3, -0.25) is 0 Å². The van der Waals surface area contributed by atoms with Crippen LogP contribution in [0.1, 0.15) is 38.3 Å². The zero-order valence-electron chi connectivity index (χ0n) is 10.2. The second-order valence-electron chi connectivity index (χ2n) is 4.09. The second-order valence-corrected chi connectivity index (χ2v) is 4.09. The fourth-order valence-electron chi connectivity index (χ4n) is 1.53. The van der Waals surface area contributed by atoms with E-state index in [2.05, 4.69) is 0 Å². The Morgan fingerprint density at radius 1 is 1.53 bits per heavy atom. The van der Waals surface area contributed by atoms with Crippen molar-refractivity contribution < 1.29 is 14.6 Å². The Bertz CT molecular complexity index is 377. The van der Waals surface area contributed by atoms with E-state index < -0.39 is 12.1 Å². The van der Waals surface area contributed by atoms with Gasteiger partial charge in [0.05, 0.1) is 0 Å². The molecule has 1 rings (SSSR count). The van der Waals surface area contributed by atoms with Gasteiger partial charge in [0.2, 0.25) is 0 Å². The molecule has 0 aliphatic rings. The number of hydrogen-bond acceptors (Lipinski definition) is 3. The van der Waals surface area contributed by atoms with Gasteiger partial charge in [0, 0.05) is 6.04 Å². The smallest absolute Gasteiger partial charge is 0.344 e. The molecule has 0 fully saturated rings. The van der Waals surface area contributed by atoms with Crippen molar-refractivity contribution in [2.24, 2.45) is 5.73 Å². The normalized spacial score (nSPS) is 14.1. The summed E-state index contributed by atoms with van der Waals surface area (Å²) >= 11 is 0. The molecule has 0 amide bonds. The first-order valence-electron chi connectivity index (χ1n) is 5.79. The lowest BCUT2D eigenvalue weighted by atomic mass is 10.1. The Kier molecular flexibility index (Phi) is 4.97. The number of carboxylic acid groups (broad SMARTS) is 1. The van der Waals surface area contributed by atoms with E-state index in [4.69, 9.17) is 15.6 Å². The highest BCUT2D eigenvalue weighted by Gasteiger charge is 2.18. The topological polar surface area (TPSA) is 72.5 Å². The number of carboxylic acids is 1. The predicted octanol–water partition coefficient (Wildman–Crippen LogP) is 2.34. The van der Waals surface area contributed by atoms with Crippen LogP contribution in [0.25, 0.3) is 0 Å². The first-order chi connectivity index (χ1) is 8.04. The number of carbonyl (C=O) groups is 1. The summed E-state index contributed by atoms with van der Waals surface area (Å²) in [7, 11) is 0. The molecule has 94 valence electrons. The van der Waals surface area contributed by atoms with Crippen LogP contribution in [0.2, 0.25) is 0 Å². The van der Waals surface area contributed by atoms with Crippen molar-refractivity contribution in [1.82, 2.24) is 0 Å². The minimum absolute atomic E-state index is 0.0898. The van der Waals surface area contributed by atoms with Crippen LogP contribution in [0.5, 0.6) is 5.75 Å². The highest BCUT2D eigenvalue weighted by atomic mass is 16.5. The van der Waals surface area contributed by atoms with E-state index in [9.17, 15) is 4.79 Å². The summed E-state index contributed by atoms with van der Waals surface area (Å²) in [6.45, 7) is 3.80. The van der Waals surface area contributed by atoms with Crippen LogP contribution < -0.4 is 10.5 Å². The molecule has 1 aromatic rings. The summed E-state index contributed by atoms with van der Waals surface area (Å²) in [5.41, 5.74) is 6.69. The summed E-state index contributed by atoms with van der Waals surface area (Å²) in [6.07, 6.45) is 0.477. The van der Waals surface area contributed by atoms with Gasteiger partial charge < -0.3 is 15.6 Å². The van der Waals surface area contributed by atoms with Gasteiger partial charge in [-0.25, -0.2) is 4.79 Å². The van der Waals surface area contributed by atoms with Crippen LogP contribution in [-0.2, 0) is 4.79 Å². The molecule has 4 nitrogen and oxygen atoms in total. The zero-order chi connectivity index (χ0) is 12.8. The second kappa shape index (κ2) is 6.25. The number of benzene rings is 1. The first kappa shape index (κ1) is 13.5. The monoisotopic (exact) mass is 237 g/mol. The Morgan fingerprint density at radius 2 is 2.24 bits per heavy atom. The minimum atomic E-state index is -0.932. The lowest BCUT2D eigenvalue weighted by Crippen LogP contribution is -2.26. The molecule has 0 aliphatic carbocycles. The van der Waals surface area contributed by atoms with Gasteiger partial charge in [0.25, 0.3) is 0 Å². The van der Waals surface area contributed by atoms with Crippen molar-refractivity contribution in [3.8, 4) is 5.75 Å². The third kappa shape index (κ3) is 4.07. The van der Waals surface area contributed by atoms with Crippen molar-refractivity contribution in [2.45, 2.75) is 38.8 Å². The molecule has 2 atom stereocenters. The average molecular weight is 237 g/mol. The predicted molar refractivity (Wildman–Crippen MR) is 66.0 cm³/mol. The molecule has 4 heteroatoms. The van der Waals surface area contributed by atoms with E-state index in [0.29, 0.717) is 12.2 Å². The molecular formula is C13H19NO3. The Hall–Kier alpha value is -1.55. The standard InChI is InChI=1S/C13H19NO3/c1-3-5-12(13(15)16)17-11-7-4-6-10(8-11)9(2)14/h4,6-9,12H,3,5,14H2,1-2H3,(H,15,16). The first-order valence-corrected chi connectivity index (χ1v) is 5.79. The van der Waals surface area contributed by atoms with Gasteiger partial charge >= 0.3 is 5.97 Å². The molecule has 0 saturated heterocycles. The van der Waals surface area contributed by atoms with Gasteiger partial charge in [0.15, 0.2) is 6.10 Å². The van der Waals surface area contributed by atoms with Gasteiger partial charge in [-0.15, -0.1) is 0 Å². The van der Waals surface area contributed by atoms with E-state index in [1.54, 1.807) is 12.1 Å². The number of nitrogens with two attached hydrogens (primary N) is 1. The molecule has 17 heavy (non-hydrogen) atoms. The Balaban J connectivity index is 2.78. The summed E-state index contributed by atoms with van der Waals surface area (Å²) in [4.78, 5) is 11.0. The SMILES string of the molecule is CCCC(Oc1cccc(C(C)N)c1)C(=O)O. The maximum Gasteiger partial charge on any atom is 0.344 e. The molecule has 1 aromatic carbocycles. The number of hydrogen-bond donors (Lipinski definition) is 2. The molecular weight excluding hydrogens is 218 g/mol. The van der Waals surface area contributed by atoms with E-state index in [1.807, 2.05) is 26.0 Å².